The molecule has 0 aliphatic carbocycles. The molecule has 3 aromatic rings. The zero-order chi connectivity index (χ0) is 19.1. The van der Waals surface area contributed by atoms with E-state index in [9.17, 15) is 9.59 Å². The molecule has 3 rings (SSSR count). The van der Waals surface area contributed by atoms with Crippen LogP contribution in [0.5, 0.6) is 5.75 Å². The summed E-state index contributed by atoms with van der Waals surface area (Å²) in [5.41, 5.74) is 1.49. The average Bonchev–Trinajstić information content (AvgIpc) is 3.22. The van der Waals surface area contributed by atoms with E-state index in [1.807, 2.05) is 12.1 Å². The summed E-state index contributed by atoms with van der Waals surface area (Å²) in [6, 6.07) is 13.8. The molecule has 7 heteroatoms. The Morgan fingerprint density at radius 3 is 2.81 bits per heavy atom. The minimum absolute atomic E-state index is 0.105. The lowest BCUT2D eigenvalue weighted by molar-refractivity contribution is -0.132. The molecule has 0 bridgehead atoms. The van der Waals surface area contributed by atoms with Crippen molar-refractivity contribution in [1.82, 2.24) is 9.88 Å². The van der Waals surface area contributed by atoms with E-state index in [1.165, 1.54) is 6.26 Å². The van der Waals surface area contributed by atoms with E-state index in [4.69, 9.17) is 9.15 Å². The summed E-state index contributed by atoms with van der Waals surface area (Å²) in [6.45, 7) is 0.349. The fraction of sp³-hybridized carbons (Fsp3) is 0.150. The van der Waals surface area contributed by atoms with Crippen molar-refractivity contribution in [3.05, 3.63) is 78.5 Å². The second-order valence-electron chi connectivity index (χ2n) is 5.86. The van der Waals surface area contributed by atoms with E-state index >= 15 is 0 Å². The molecular weight excluding hydrogens is 346 g/mol. The first-order chi connectivity index (χ1) is 13.1. The monoisotopic (exact) mass is 365 g/mol. The van der Waals surface area contributed by atoms with Crippen molar-refractivity contribution in [2.24, 2.45) is 0 Å². The molecule has 0 unspecified atom stereocenters. The number of carbonyl (C=O) groups is 2. The van der Waals surface area contributed by atoms with Gasteiger partial charge in [0, 0.05) is 37.7 Å². The molecule has 0 radical (unpaired) electrons. The molecule has 0 aliphatic heterocycles. The Bertz CT molecular complexity index is 895. The van der Waals surface area contributed by atoms with Crippen LogP contribution >= 0.6 is 0 Å². The molecule has 0 aliphatic rings. The maximum Gasteiger partial charge on any atom is 0.291 e. The molecule has 0 fully saturated rings. The topological polar surface area (TPSA) is 84.7 Å². The summed E-state index contributed by atoms with van der Waals surface area (Å²) in [5.74, 6) is 0.178. The number of anilines is 1. The van der Waals surface area contributed by atoms with Crippen LogP contribution < -0.4 is 10.1 Å². The van der Waals surface area contributed by atoms with Crippen molar-refractivity contribution in [3.8, 4) is 5.75 Å². The first-order valence-electron chi connectivity index (χ1n) is 8.32. The van der Waals surface area contributed by atoms with Crippen LogP contribution in [-0.2, 0) is 11.3 Å². The number of aromatic nitrogens is 1. The molecular formula is C20H19N3O4. The van der Waals surface area contributed by atoms with Crippen LogP contribution in [0.3, 0.4) is 0 Å². The normalized spacial score (nSPS) is 10.3. The quantitative estimate of drug-likeness (QED) is 0.696. The summed E-state index contributed by atoms with van der Waals surface area (Å²) in [4.78, 5) is 29.8. The lowest BCUT2D eigenvalue weighted by Gasteiger charge is -2.17. The lowest BCUT2D eigenvalue weighted by atomic mass is 10.2. The van der Waals surface area contributed by atoms with Crippen LogP contribution in [0.25, 0.3) is 0 Å². The lowest BCUT2D eigenvalue weighted by Crippen LogP contribution is -2.31. The van der Waals surface area contributed by atoms with E-state index in [0.29, 0.717) is 18.0 Å². The molecule has 2 aromatic heterocycles. The Labute approximate surface area is 156 Å². The number of pyridine rings is 1. The van der Waals surface area contributed by atoms with Gasteiger partial charge in [-0.05, 0) is 35.9 Å². The Morgan fingerprint density at radius 1 is 1.19 bits per heavy atom. The van der Waals surface area contributed by atoms with Crippen LogP contribution in [0.4, 0.5) is 5.69 Å². The molecule has 2 amide bonds. The molecule has 1 aromatic carbocycles. The minimum Gasteiger partial charge on any atom is -0.484 e. The van der Waals surface area contributed by atoms with Crippen molar-refractivity contribution in [2.45, 2.75) is 6.54 Å². The van der Waals surface area contributed by atoms with Gasteiger partial charge in [0.1, 0.15) is 5.75 Å². The minimum atomic E-state index is -0.357. The summed E-state index contributed by atoms with van der Waals surface area (Å²) in [5, 5.41) is 2.71. The van der Waals surface area contributed by atoms with Crippen molar-refractivity contribution in [3.63, 3.8) is 0 Å². The van der Waals surface area contributed by atoms with Crippen molar-refractivity contribution < 1.29 is 18.7 Å². The van der Waals surface area contributed by atoms with Crippen LogP contribution in [0.1, 0.15) is 16.1 Å². The van der Waals surface area contributed by atoms with Crippen molar-refractivity contribution >= 4 is 17.5 Å². The Balaban J connectivity index is 1.53. The van der Waals surface area contributed by atoms with Gasteiger partial charge >= 0.3 is 0 Å². The smallest absolute Gasteiger partial charge is 0.291 e. The van der Waals surface area contributed by atoms with E-state index in [0.717, 1.165) is 5.56 Å². The van der Waals surface area contributed by atoms with Gasteiger partial charge in [0.2, 0.25) is 0 Å². The van der Waals surface area contributed by atoms with Gasteiger partial charge in [-0.2, -0.15) is 0 Å². The second-order valence-corrected chi connectivity index (χ2v) is 5.86. The number of carbonyl (C=O) groups excluding carboxylic acids is 2. The van der Waals surface area contributed by atoms with Crippen LogP contribution in [-0.4, -0.2) is 35.4 Å². The Hall–Kier alpha value is -3.61. The highest BCUT2D eigenvalue weighted by atomic mass is 16.5. The number of furan rings is 1. The van der Waals surface area contributed by atoms with Gasteiger partial charge in [-0.25, -0.2) is 0 Å². The summed E-state index contributed by atoms with van der Waals surface area (Å²) in [7, 11) is 1.71. The molecule has 0 spiro atoms. The fourth-order valence-electron chi connectivity index (χ4n) is 2.37. The molecule has 0 saturated heterocycles. The molecule has 138 valence electrons. The standard InChI is InChI=1S/C20H19N3O4/c1-23(13-15-5-3-9-21-12-15)19(24)14-27-17-7-2-6-16(11-17)22-20(25)18-8-4-10-26-18/h2-12H,13-14H2,1H3,(H,22,25). The van der Waals surface area contributed by atoms with Crippen LogP contribution in [0, 0.1) is 0 Å². The molecule has 1 N–H and O–H groups in total. The first-order valence-corrected chi connectivity index (χ1v) is 8.32. The fourth-order valence-corrected chi connectivity index (χ4v) is 2.37. The first kappa shape index (κ1) is 18.2. The zero-order valence-electron chi connectivity index (χ0n) is 14.8. The van der Waals surface area contributed by atoms with Gasteiger partial charge in [0.15, 0.2) is 12.4 Å². The van der Waals surface area contributed by atoms with Gasteiger partial charge < -0.3 is 19.4 Å². The van der Waals surface area contributed by atoms with Crippen molar-refractivity contribution in [1.29, 1.82) is 0 Å². The van der Waals surface area contributed by atoms with Gasteiger partial charge in [-0.1, -0.05) is 12.1 Å². The third kappa shape index (κ3) is 5.18. The summed E-state index contributed by atoms with van der Waals surface area (Å²) < 4.78 is 10.6. The largest absolute Gasteiger partial charge is 0.484 e. The van der Waals surface area contributed by atoms with E-state index in [1.54, 1.807) is 60.7 Å². The second kappa shape index (κ2) is 8.66. The zero-order valence-corrected chi connectivity index (χ0v) is 14.8. The van der Waals surface area contributed by atoms with Gasteiger partial charge in [0.05, 0.1) is 6.26 Å². The van der Waals surface area contributed by atoms with Gasteiger partial charge in [-0.15, -0.1) is 0 Å². The molecule has 0 saturated carbocycles. The number of hydrogen-bond acceptors (Lipinski definition) is 5. The van der Waals surface area contributed by atoms with E-state index < -0.39 is 0 Å². The SMILES string of the molecule is CN(Cc1cccnc1)C(=O)COc1cccc(NC(=O)c2ccco2)c1. The molecule has 7 nitrogen and oxygen atoms in total. The third-order valence-corrected chi connectivity index (χ3v) is 3.77. The number of hydrogen-bond donors (Lipinski definition) is 1. The third-order valence-electron chi connectivity index (χ3n) is 3.77. The average molecular weight is 365 g/mol. The highest BCUT2D eigenvalue weighted by Crippen LogP contribution is 2.18. The molecule has 27 heavy (non-hydrogen) atoms. The highest BCUT2D eigenvalue weighted by Gasteiger charge is 2.12. The van der Waals surface area contributed by atoms with Gasteiger partial charge in [0.25, 0.3) is 11.8 Å². The highest BCUT2D eigenvalue weighted by molar-refractivity contribution is 6.02. The van der Waals surface area contributed by atoms with Crippen LogP contribution in [0.2, 0.25) is 0 Å². The number of nitrogens with zero attached hydrogens (tertiary/aromatic N) is 2. The number of likely N-dealkylation sites (N-methyl/N-ethyl adjacent to an activating group) is 1. The molecule has 2 heterocycles. The molecule has 0 atom stereocenters. The number of amides is 2. The summed E-state index contributed by atoms with van der Waals surface area (Å²) >= 11 is 0. The van der Waals surface area contributed by atoms with Crippen molar-refractivity contribution in [2.75, 3.05) is 19.0 Å². The predicted octanol–water partition coefficient (Wildman–Crippen LogP) is 2.96. The summed E-state index contributed by atoms with van der Waals surface area (Å²) in [6.07, 6.45) is 4.84. The van der Waals surface area contributed by atoms with Gasteiger partial charge in [-0.3, -0.25) is 14.6 Å². The number of ether oxygens (including phenoxy) is 1. The Kier molecular flexibility index (Phi) is 5.84. The predicted molar refractivity (Wildman–Crippen MR) is 99.3 cm³/mol. The maximum absolute atomic E-state index is 12.2. The van der Waals surface area contributed by atoms with Crippen LogP contribution in [0.15, 0.2) is 71.6 Å². The maximum atomic E-state index is 12.2. The number of benzene rings is 1. The number of nitrogens with one attached hydrogen (secondary N) is 1. The van der Waals surface area contributed by atoms with E-state index in [2.05, 4.69) is 10.3 Å². The Morgan fingerprint density at radius 2 is 2.07 bits per heavy atom. The number of rotatable bonds is 7. The van der Waals surface area contributed by atoms with E-state index in [-0.39, 0.29) is 24.2 Å².